The second-order valence-corrected chi connectivity index (χ2v) is 7.65. The summed E-state index contributed by atoms with van der Waals surface area (Å²) in [6, 6.07) is 5.23. The van der Waals surface area contributed by atoms with Crippen molar-refractivity contribution >= 4 is 29.3 Å². The van der Waals surface area contributed by atoms with Crippen LogP contribution in [-0.4, -0.2) is 44.4 Å². The number of rotatable bonds is 2. The zero-order valence-electron chi connectivity index (χ0n) is 16.1. The molecule has 1 amide bonds. The van der Waals surface area contributed by atoms with Gasteiger partial charge in [0.2, 0.25) is 0 Å². The van der Waals surface area contributed by atoms with Gasteiger partial charge in [-0.05, 0) is 38.8 Å². The molecule has 2 aliphatic rings. The molecule has 0 fully saturated rings. The third-order valence-corrected chi connectivity index (χ3v) is 4.78. The smallest absolute Gasteiger partial charge is 0.414 e. The molecule has 7 nitrogen and oxygen atoms in total. The number of hydrogen-bond donors (Lipinski definition) is 0. The van der Waals surface area contributed by atoms with Gasteiger partial charge in [0.25, 0.3) is 0 Å². The highest BCUT2D eigenvalue weighted by Crippen LogP contribution is 2.51. The monoisotopic (exact) mass is 373 g/mol. The molecule has 1 aromatic rings. The zero-order valence-corrected chi connectivity index (χ0v) is 16.1. The molecule has 1 aliphatic heterocycles. The molecule has 0 bridgehead atoms. The minimum atomic E-state index is -1.07. The first-order valence-corrected chi connectivity index (χ1v) is 8.66. The minimum Gasteiger partial charge on any atom is -0.468 e. The van der Waals surface area contributed by atoms with Gasteiger partial charge in [0.05, 0.1) is 25.5 Å². The number of methoxy groups -OCH3 is 2. The van der Waals surface area contributed by atoms with Crippen molar-refractivity contribution in [1.29, 1.82) is 0 Å². The fraction of sp³-hybridized carbons (Fsp3) is 0.450. The van der Waals surface area contributed by atoms with Crippen LogP contribution in [0.5, 0.6) is 0 Å². The van der Waals surface area contributed by atoms with Crippen LogP contribution in [0.4, 0.5) is 10.5 Å². The molecule has 0 radical (unpaired) electrons. The van der Waals surface area contributed by atoms with Crippen molar-refractivity contribution in [3.05, 3.63) is 35.4 Å². The van der Waals surface area contributed by atoms with Crippen LogP contribution in [-0.2, 0) is 29.2 Å². The van der Waals surface area contributed by atoms with Crippen LogP contribution in [0.2, 0.25) is 0 Å². The van der Waals surface area contributed by atoms with E-state index in [0.717, 1.165) is 0 Å². The number of ether oxygens (including phenoxy) is 3. The first-order valence-electron chi connectivity index (χ1n) is 8.66. The Morgan fingerprint density at radius 1 is 1.11 bits per heavy atom. The average molecular weight is 373 g/mol. The number of allylic oxidation sites excluding steroid dienone is 1. The Bertz CT molecular complexity index is 851. The van der Waals surface area contributed by atoms with Gasteiger partial charge in [-0.3, -0.25) is 9.69 Å². The van der Waals surface area contributed by atoms with Gasteiger partial charge in [0, 0.05) is 12.1 Å². The van der Waals surface area contributed by atoms with Crippen molar-refractivity contribution in [3.63, 3.8) is 0 Å². The van der Waals surface area contributed by atoms with Gasteiger partial charge in [0.15, 0.2) is 0 Å². The summed E-state index contributed by atoms with van der Waals surface area (Å²) in [5, 5.41) is 0. The number of carbonyl (C=O) groups is 3. The highest BCUT2D eigenvalue weighted by Gasteiger charge is 2.54. The first-order chi connectivity index (χ1) is 12.6. The first kappa shape index (κ1) is 18.9. The fourth-order valence-corrected chi connectivity index (χ4v) is 3.71. The Kier molecular flexibility index (Phi) is 4.49. The Balaban J connectivity index is 2.16. The number of hydrogen-bond acceptors (Lipinski definition) is 6. The van der Waals surface area contributed by atoms with Gasteiger partial charge >= 0.3 is 18.0 Å². The highest BCUT2D eigenvalue weighted by molar-refractivity contribution is 6.19. The van der Waals surface area contributed by atoms with Crippen molar-refractivity contribution in [1.82, 2.24) is 0 Å². The number of benzene rings is 1. The molecule has 0 saturated heterocycles. The van der Waals surface area contributed by atoms with Crippen molar-refractivity contribution in [3.8, 4) is 0 Å². The standard InChI is InChI=1S/C20H23NO6/c1-19(2,3)27-18(24)21-11-20(17(23)26-5)10-9-13(16(22)25-4)12-7-6-8-14(21)15(12)20/h6-9H,10-11H2,1-5H3. The summed E-state index contributed by atoms with van der Waals surface area (Å²) in [5.74, 6) is -0.944. The van der Waals surface area contributed by atoms with E-state index in [0.29, 0.717) is 22.4 Å². The van der Waals surface area contributed by atoms with Crippen molar-refractivity contribution in [2.24, 2.45) is 0 Å². The molecule has 7 heteroatoms. The quantitative estimate of drug-likeness (QED) is 0.586. The van der Waals surface area contributed by atoms with Crippen molar-refractivity contribution in [2.45, 2.75) is 38.2 Å². The van der Waals surface area contributed by atoms with Gasteiger partial charge in [-0.1, -0.05) is 18.2 Å². The average Bonchev–Trinajstić information content (AvgIpc) is 2.97. The SMILES string of the molecule is COC(=O)C1=CCC2(C(=O)OC)CN(C(=O)OC(C)(C)C)c3cccc1c32. The lowest BCUT2D eigenvalue weighted by Crippen LogP contribution is -2.45. The third-order valence-electron chi connectivity index (χ3n) is 4.78. The van der Waals surface area contributed by atoms with E-state index in [4.69, 9.17) is 14.2 Å². The fourth-order valence-electron chi connectivity index (χ4n) is 3.71. The molecular weight excluding hydrogens is 350 g/mol. The summed E-state index contributed by atoms with van der Waals surface area (Å²) in [6.45, 7) is 5.43. The number of amides is 1. The molecular formula is C20H23NO6. The molecule has 1 aliphatic carbocycles. The van der Waals surface area contributed by atoms with Gasteiger partial charge < -0.3 is 14.2 Å². The van der Waals surface area contributed by atoms with Gasteiger partial charge in [-0.15, -0.1) is 0 Å². The maximum absolute atomic E-state index is 12.8. The molecule has 0 aromatic heterocycles. The highest BCUT2D eigenvalue weighted by atomic mass is 16.6. The van der Waals surface area contributed by atoms with E-state index >= 15 is 0 Å². The maximum atomic E-state index is 12.8. The largest absolute Gasteiger partial charge is 0.468 e. The molecule has 1 aromatic carbocycles. The Morgan fingerprint density at radius 3 is 2.41 bits per heavy atom. The van der Waals surface area contributed by atoms with E-state index in [1.54, 1.807) is 45.0 Å². The molecule has 1 unspecified atom stereocenters. The van der Waals surface area contributed by atoms with Gasteiger partial charge in [-0.2, -0.15) is 0 Å². The van der Waals surface area contributed by atoms with Crippen LogP contribution in [0.15, 0.2) is 24.3 Å². The zero-order chi connectivity index (χ0) is 20.0. The van der Waals surface area contributed by atoms with E-state index < -0.39 is 29.0 Å². The predicted molar refractivity (Wildman–Crippen MR) is 98.3 cm³/mol. The minimum absolute atomic E-state index is 0.0892. The number of nitrogens with zero attached hydrogens (tertiary/aromatic N) is 1. The summed E-state index contributed by atoms with van der Waals surface area (Å²) in [6.07, 6.45) is 1.36. The predicted octanol–water partition coefficient (Wildman–Crippen LogP) is 2.81. The normalized spacial score (nSPS) is 20.5. The van der Waals surface area contributed by atoms with Crippen LogP contribution in [0.3, 0.4) is 0 Å². The summed E-state index contributed by atoms with van der Waals surface area (Å²) < 4.78 is 15.4. The number of esters is 2. The molecule has 0 saturated carbocycles. The summed E-state index contributed by atoms with van der Waals surface area (Å²) >= 11 is 0. The Hall–Kier alpha value is -2.83. The van der Waals surface area contributed by atoms with Crippen LogP contribution < -0.4 is 4.90 Å². The molecule has 1 heterocycles. The lowest BCUT2D eigenvalue weighted by molar-refractivity contribution is -0.147. The summed E-state index contributed by atoms with van der Waals surface area (Å²) in [7, 11) is 2.62. The van der Waals surface area contributed by atoms with Crippen LogP contribution in [0.1, 0.15) is 38.3 Å². The van der Waals surface area contributed by atoms with Crippen LogP contribution in [0, 0.1) is 0 Å². The summed E-state index contributed by atoms with van der Waals surface area (Å²) in [5.41, 5.74) is 0.338. The van der Waals surface area contributed by atoms with Crippen LogP contribution in [0.25, 0.3) is 5.57 Å². The second-order valence-electron chi connectivity index (χ2n) is 7.65. The molecule has 0 N–H and O–H groups in total. The van der Waals surface area contributed by atoms with Crippen molar-refractivity contribution in [2.75, 3.05) is 25.7 Å². The van der Waals surface area contributed by atoms with Crippen molar-refractivity contribution < 1.29 is 28.6 Å². The molecule has 1 atom stereocenters. The van der Waals surface area contributed by atoms with E-state index in [1.807, 2.05) is 0 Å². The molecule has 144 valence electrons. The van der Waals surface area contributed by atoms with Gasteiger partial charge in [-0.25, -0.2) is 9.59 Å². The lowest BCUT2D eigenvalue weighted by Gasteiger charge is -2.31. The lowest BCUT2D eigenvalue weighted by atomic mass is 9.72. The molecule has 27 heavy (non-hydrogen) atoms. The second kappa shape index (κ2) is 6.40. The molecule has 0 spiro atoms. The van der Waals surface area contributed by atoms with Gasteiger partial charge in [0.1, 0.15) is 11.0 Å². The van der Waals surface area contributed by atoms with E-state index in [9.17, 15) is 14.4 Å². The summed E-state index contributed by atoms with van der Waals surface area (Å²) in [4.78, 5) is 39.2. The van der Waals surface area contributed by atoms with Crippen LogP contribution >= 0.6 is 0 Å². The van der Waals surface area contributed by atoms with E-state index in [-0.39, 0.29) is 13.0 Å². The number of carbonyl (C=O) groups excluding carboxylic acids is 3. The topological polar surface area (TPSA) is 82.1 Å². The molecule has 3 rings (SSSR count). The third kappa shape index (κ3) is 2.97. The maximum Gasteiger partial charge on any atom is 0.414 e. The number of anilines is 1. The Labute approximate surface area is 157 Å². The van der Waals surface area contributed by atoms with E-state index in [2.05, 4.69) is 0 Å². The van der Waals surface area contributed by atoms with E-state index in [1.165, 1.54) is 19.1 Å². The Morgan fingerprint density at radius 2 is 1.81 bits per heavy atom.